The summed E-state index contributed by atoms with van der Waals surface area (Å²) in [6.45, 7) is 4.47. The second-order valence-corrected chi connectivity index (χ2v) is 7.83. The molecule has 1 aliphatic heterocycles. The zero-order valence-electron chi connectivity index (χ0n) is 17.8. The van der Waals surface area contributed by atoms with Crippen molar-refractivity contribution in [2.75, 3.05) is 36.4 Å². The minimum atomic E-state index is -0.0740. The van der Waals surface area contributed by atoms with Crippen LogP contribution in [0.5, 0.6) is 0 Å². The molecule has 5 nitrogen and oxygen atoms in total. The van der Waals surface area contributed by atoms with Gasteiger partial charge in [0.2, 0.25) is 5.91 Å². The number of carbonyl (C=O) groups excluding carboxylic acids is 2. The first-order chi connectivity index (χ1) is 15.1. The minimum Gasteiger partial charge on any atom is -0.368 e. The van der Waals surface area contributed by atoms with Crippen LogP contribution in [-0.4, -0.2) is 42.9 Å². The molecule has 1 fully saturated rings. The van der Waals surface area contributed by atoms with E-state index >= 15 is 0 Å². The third-order valence-electron chi connectivity index (χ3n) is 5.59. The molecule has 0 spiro atoms. The fourth-order valence-corrected chi connectivity index (χ4v) is 3.98. The lowest BCUT2D eigenvalue weighted by Crippen LogP contribution is -2.48. The number of nitrogens with zero attached hydrogens (tertiary/aromatic N) is 2. The number of hydrogen-bond acceptors (Lipinski definition) is 3. The second-order valence-electron chi connectivity index (χ2n) is 7.83. The number of hydrogen-bond donors (Lipinski definition) is 1. The highest BCUT2D eigenvalue weighted by Gasteiger charge is 2.22. The van der Waals surface area contributed by atoms with Crippen molar-refractivity contribution >= 4 is 23.2 Å². The number of nitrogens with one attached hydrogen (secondary N) is 1. The number of anilines is 2. The maximum absolute atomic E-state index is 12.7. The third-order valence-corrected chi connectivity index (χ3v) is 5.59. The van der Waals surface area contributed by atoms with E-state index in [9.17, 15) is 9.59 Å². The minimum absolute atomic E-state index is 0.0740. The van der Waals surface area contributed by atoms with Crippen molar-refractivity contribution < 1.29 is 9.59 Å². The second kappa shape index (κ2) is 9.47. The first-order valence-electron chi connectivity index (χ1n) is 10.6. The van der Waals surface area contributed by atoms with Gasteiger partial charge in [0.15, 0.2) is 0 Å². The number of rotatable bonds is 5. The van der Waals surface area contributed by atoms with E-state index in [0.29, 0.717) is 13.1 Å². The maximum atomic E-state index is 12.7. The Kier molecular flexibility index (Phi) is 6.32. The standard InChI is InChI=1S/C26H27N3O2/c1-20(30)27-25-13-12-24(19-23(25)18-21-8-4-2-5-9-21)28-14-16-29(17-15-28)26(31)22-10-6-3-7-11-22/h2-13,19H,14-18H2,1H3,(H,27,30). The Morgan fingerprint density at radius 2 is 1.48 bits per heavy atom. The van der Waals surface area contributed by atoms with Crippen molar-refractivity contribution in [1.29, 1.82) is 0 Å². The van der Waals surface area contributed by atoms with Gasteiger partial charge in [0.05, 0.1) is 0 Å². The Labute approximate surface area is 183 Å². The smallest absolute Gasteiger partial charge is 0.253 e. The van der Waals surface area contributed by atoms with E-state index in [2.05, 4.69) is 34.5 Å². The molecule has 31 heavy (non-hydrogen) atoms. The van der Waals surface area contributed by atoms with Crippen LogP contribution in [0.15, 0.2) is 78.9 Å². The van der Waals surface area contributed by atoms with E-state index in [4.69, 9.17) is 0 Å². The molecule has 3 aromatic carbocycles. The topological polar surface area (TPSA) is 52.7 Å². The normalized spacial score (nSPS) is 13.7. The number of carbonyl (C=O) groups is 2. The summed E-state index contributed by atoms with van der Waals surface area (Å²) in [5.41, 5.74) is 4.98. The Bertz CT molecular complexity index is 1040. The van der Waals surface area contributed by atoms with Crippen LogP contribution in [0.2, 0.25) is 0 Å². The number of amides is 2. The van der Waals surface area contributed by atoms with Gasteiger partial charge in [0.1, 0.15) is 0 Å². The van der Waals surface area contributed by atoms with Crippen molar-refractivity contribution in [3.05, 3.63) is 95.6 Å². The lowest BCUT2D eigenvalue weighted by atomic mass is 10.0. The average Bonchev–Trinajstić information content (AvgIpc) is 2.81. The summed E-state index contributed by atoms with van der Waals surface area (Å²) in [4.78, 5) is 28.6. The zero-order chi connectivity index (χ0) is 21.6. The molecule has 0 bridgehead atoms. The molecule has 158 valence electrons. The molecule has 1 aliphatic rings. The molecule has 0 unspecified atom stereocenters. The molecule has 1 heterocycles. The van der Waals surface area contributed by atoms with E-state index in [1.807, 2.05) is 59.5 Å². The van der Waals surface area contributed by atoms with Crippen molar-refractivity contribution in [3.63, 3.8) is 0 Å². The molecule has 0 saturated carbocycles. The van der Waals surface area contributed by atoms with Gasteiger partial charge >= 0.3 is 0 Å². The summed E-state index contributed by atoms with van der Waals surface area (Å²) in [5.74, 6) is 0.0149. The third kappa shape index (κ3) is 5.12. The number of piperazine rings is 1. The first kappa shape index (κ1) is 20.7. The number of benzene rings is 3. The van der Waals surface area contributed by atoms with Crippen molar-refractivity contribution in [1.82, 2.24) is 4.90 Å². The van der Waals surface area contributed by atoms with Crippen LogP contribution in [0, 0.1) is 0 Å². The quantitative estimate of drug-likeness (QED) is 0.682. The summed E-state index contributed by atoms with van der Waals surface area (Å²) in [6, 6.07) is 25.9. The van der Waals surface area contributed by atoms with Crippen LogP contribution in [0.25, 0.3) is 0 Å². The summed E-state index contributed by atoms with van der Waals surface area (Å²) < 4.78 is 0. The van der Waals surface area contributed by atoms with Gasteiger partial charge in [-0.2, -0.15) is 0 Å². The molecule has 2 amide bonds. The molecule has 0 aliphatic carbocycles. The van der Waals surface area contributed by atoms with Crippen LogP contribution in [0.1, 0.15) is 28.4 Å². The first-order valence-corrected chi connectivity index (χ1v) is 10.6. The molecule has 3 aromatic rings. The highest BCUT2D eigenvalue weighted by Crippen LogP contribution is 2.27. The molecule has 1 N–H and O–H groups in total. The molecule has 4 rings (SSSR count). The summed E-state index contributed by atoms with van der Waals surface area (Å²) in [7, 11) is 0. The monoisotopic (exact) mass is 413 g/mol. The fraction of sp³-hybridized carbons (Fsp3) is 0.231. The van der Waals surface area contributed by atoms with Gasteiger partial charge in [-0.3, -0.25) is 9.59 Å². The Hall–Kier alpha value is -3.60. The van der Waals surface area contributed by atoms with Crippen molar-refractivity contribution in [2.45, 2.75) is 13.3 Å². The zero-order valence-corrected chi connectivity index (χ0v) is 17.8. The molecular weight excluding hydrogens is 386 g/mol. The molecule has 0 aromatic heterocycles. The molecular formula is C26H27N3O2. The molecule has 0 radical (unpaired) electrons. The van der Waals surface area contributed by atoms with Crippen molar-refractivity contribution in [2.24, 2.45) is 0 Å². The average molecular weight is 414 g/mol. The predicted octanol–water partition coefficient (Wildman–Crippen LogP) is 4.20. The van der Waals surface area contributed by atoms with Gasteiger partial charge in [0, 0.05) is 50.0 Å². The van der Waals surface area contributed by atoms with E-state index in [-0.39, 0.29) is 11.8 Å². The Morgan fingerprint density at radius 3 is 2.13 bits per heavy atom. The van der Waals surface area contributed by atoms with Crippen LogP contribution in [0.4, 0.5) is 11.4 Å². The molecule has 5 heteroatoms. The van der Waals surface area contributed by atoms with Gasteiger partial charge in [-0.25, -0.2) is 0 Å². The fourth-order valence-electron chi connectivity index (χ4n) is 3.98. The summed E-state index contributed by atoms with van der Waals surface area (Å²) in [6.07, 6.45) is 0.747. The largest absolute Gasteiger partial charge is 0.368 e. The highest BCUT2D eigenvalue weighted by molar-refractivity contribution is 5.94. The van der Waals surface area contributed by atoms with E-state index in [0.717, 1.165) is 42.0 Å². The SMILES string of the molecule is CC(=O)Nc1ccc(N2CCN(C(=O)c3ccccc3)CC2)cc1Cc1ccccc1. The maximum Gasteiger partial charge on any atom is 0.253 e. The summed E-state index contributed by atoms with van der Waals surface area (Å²) in [5, 5.41) is 2.95. The summed E-state index contributed by atoms with van der Waals surface area (Å²) >= 11 is 0. The van der Waals surface area contributed by atoms with Crippen LogP contribution >= 0.6 is 0 Å². The lowest BCUT2D eigenvalue weighted by molar-refractivity contribution is -0.114. The Morgan fingerprint density at radius 1 is 0.839 bits per heavy atom. The van der Waals surface area contributed by atoms with Gasteiger partial charge < -0.3 is 15.1 Å². The Balaban J connectivity index is 1.49. The van der Waals surface area contributed by atoms with Gasteiger partial charge in [0.25, 0.3) is 5.91 Å². The van der Waals surface area contributed by atoms with Gasteiger partial charge in [-0.15, -0.1) is 0 Å². The predicted molar refractivity (Wildman–Crippen MR) is 125 cm³/mol. The highest BCUT2D eigenvalue weighted by atomic mass is 16.2. The van der Waals surface area contributed by atoms with Crippen LogP contribution in [-0.2, 0) is 11.2 Å². The van der Waals surface area contributed by atoms with Gasteiger partial charge in [-0.05, 0) is 47.9 Å². The van der Waals surface area contributed by atoms with Crippen LogP contribution in [0.3, 0.4) is 0 Å². The van der Waals surface area contributed by atoms with E-state index in [1.165, 1.54) is 12.5 Å². The van der Waals surface area contributed by atoms with E-state index < -0.39 is 0 Å². The lowest BCUT2D eigenvalue weighted by Gasteiger charge is -2.36. The van der Waals surface area contributed by atoms with Crippen molar-refractivity contribution in [3.8, 4) is 0 Å². The van der Waals surface area contributed by atoms with Gasteiger partial charge in [-0.1, -0.05) is 48.5 Å². The molecule has 0 atom stereocenters. The molecule has 1 saturated heterocycles. The van der Waals surface area contributed by atoms with Crippen LogP contribution < -0.4 is 10.2 Å². The van der Waals surface area contributed by atoms with E-state index in [1.54, 1.807) is 0 Å².